The van der Waals surface area contributed by atoms with Gasteiger partial charge in [-0.2, -0.15) is 5.10 Å². The van der Waals surface area contributed by atoms with Crippen molar-refractivity contribution in [2.24, 2.45) is 0 Å². The number of hydrogen-bond donors (Lipinski definition) is 1. The molecule has 1 N–H and O–H groups in total. The first-order valence-electron chi connectivity index (χ1n) is 8.65. The Balaban J connectivity index is 1.91. The van der Waals surface area contributed by atoms with E-state index in [4.69, 9.17) is 4.74 Å². The van der Waals surface area contributed by atoms with E-state index in [1.165, 1.54) is 16.9 Å². The second-order valence-corrected chi connectivity index (χ2v) is 7.04. The minimum absolute atomic E-state index is 0.0334. The van der Waals surface area contributed by atoms with E-state index >= 15 is 0 Å². The van der Waals surface area contributed by atoms with E-state index in [9.17, 15) is 9.18 Å². The Labute approximate surface area is 161 Å². The van der Waals surface area contributed by atoms with Crippen molar-refractivity contribution in [1.82, 2.24) is 20.1 Å². The minimum Gasteiger partial charge on any atom is -0.462 e. The summed E-state index contributed by atoms with van der Waals surface area (Å²) in [6.45, 7) is 6.24. The zero-order valence-electron chi connectivity index (χ0n) is 15.4. The molecule has 0 aliphatic rings. The molecule has 6 nitrogen and oxygen atoms in total. The van der Waals surface area contributed by atoms with Crippen molar-refractivity contribution in [2.75, 3.05) is 6.61 Å². The number of esters is 1. The highest BCUT2D eigenvalue weighted by Crippen LogP contribution is 2.21. The molecule has 0 aliphatic carbocycles. The first-order valence-corrected chi connectivity index (χ1v) is 9.53. The third-order valence-electron chi connectivity index (χ3n) is 4.10. The van der Waals surface area contributed by atoms with E-state index in [1.807, 2.05) is 19.2 Å². The molecular weight excluding hydrogens is 367 g/mol. The first-order chi connectivity index (χ1) is 13.0. The van der Waals surface area contributed by atoms with Crippen LogP contribution >= 0.6 is 11.3 Å². The van der Waals surface area contributed by atoms with Crippen LogP contribution in [0, 0.1) is 12.7 Å². The fourth-order valence-corrected chi connectivity index (χ4v) is 3.39. The molecule has 3 aromatic rings. The molecule has 0 amide bonds. The zero-order chi connectivity index (χ0) is 19.4. The van der Waals surface area contributed by atoms with Crippen LogP contribution in [-0.2, 0) is 11.3 Å². The van der Waals surface area contributed by atoms with Crippen molar-refractivity contribution in [3.05, 3.63) is 63.6 Å². The molecule has 0 aliphatic heterocycles. The molecule has 2 aromatic heterocycles. The number of hydrogen-bond acceptors (Lipinski definition) is 6. The maximum Gasteiger partial charge on any atom is 0.341 e. The standard InChI is InChI=1S/C19H21FN4O2S/c1-4-26-19(25)14-9-22-24(17-8-6-5-7-15(17)20)18(14)10-21-12(2)16-11-27-13(3)23-16/h5-9,11-12,21H,4,10H2,1-3H3. The van der Waals surface area contributed by atoms with Crippen LogP contribution in [0.1, 0.15) is 46.6 Å². The quantitative estimate of drug-likeness (QED) is 0.624. The summed E-state index contributed by atoms with van der Waals surface area (Å²) < 4.78 is 20.8. The maximum absolute atomic E-state index is 14.3. The summed E-state index contributed by atoms with van der Waals surface area (Å²) >= 11 is 1.58. The van der Waals surface area contributed by atoms with Crippen molar-refractivity contribution in [3.8, 4) is 5.69 Å². The van der Waals surface area contributed by atoms with Gasteiger partial charge in [0.2, 0.25) is 0 Å². The van der Waals surface area contributed by atoms with E-state index in [2.05, 4.69) is 15.4 Å². The fraction of sp³-hybridized carbons (Fsp3) is 0.316. The Morgan fingerprint density at radius 3 is 2.85 bits per heavy atom. The monoisotopic (exact) mass is 388 g/mol. The highest BCUT2D eigenvalue weighted by Gasteiger charge is 2.21. The van der Waals surface area contributed by atoms with E-state index < -0.39 is 11.8 Å². The number of thiazole rings is 1. The van der Waals surface area contributed by atoms with Crippen LogP contribution in [0.15, 0.2) is 35.8 Å². The summed E-state index contributed by atoms with van der Waals surface area (Å²) in [7, 11) is 0. The molecule has 1 unspecified atom stereocenters. The molecule has 0 saturated heterocycles. The van der Waals surface area contributed by atoms with Gasteiger partial charge in [0.15, 0.2) is 0 Å². The van der Waals surface area contributed by atoms with E-state index in [0.29, 0.717) is 17.8 Å². The topological polar surface area (TPSA) is 69.0 Å². The lowest BCUT2D eigenvalue weighted by molar-refractivity contribution is 0.0524. The second kappa shape index (κ2) is 8.41. The Morgan fingerprint density at radius 1 is 1.41 bits per heavy atom. The van der Waals surface area contributed by atoms with Gasteiger partial charge in [-0.15, -0.1) is 11.3 Å². The normalized spacial score (nSPS) is 12.1. The number of halogens is 1. The molecule has 0 fully saturated rings. The molecule has 1 aromatic carbocycles. The van der Waals surface area contributed by atoms with Gasteiger partial charge in [0.25, 0.3) is 0 Å². The van der Waals surface area contributed by atoms with Gasteiger partial charge in [-0.05, 0) is 32.9 Å². The predicted octanol–water partition coefficient (Wildman–Crippen LogP) is 3.80. The lowest BCUT2D eigenvalue weighted by Crippen LogP contribution is -2.22. The molecule has 0 spiro atoms. The van der Waals surface area contributed by atoms with Crippen LogP contribution in [0.3, 0.4) is 0 Å². The Hall–Kier alpha value is -2.58. The van der Waals surface area contributed by atoms with Crippen LogP contribution in [0.25, 0.3) is 5.69 Å². The van der Waals surface area contributed by atoms with Gasteiger partial charge in [0.05, 0.1) is 29.2 Å². The summed E-state index contributed by atoms with van der Waals surface area (Å²) in [5.41, 5.74) is 2.06. The van der Waals surface area contributed by atoms with Crippen LogP contribution in [0.5, 0.6) is 0 Å². The highest BCUT2D eigenvalue weighted by molar-refractivity contribution is 7.09. The number of nitrogens with zero attached hydrogens (tertiary/aromatic N) is 3. The third kappa shape index (κ3) is 4.23. The number of benzene rings is 1. The Kier molecular flexibility index (Phi) is 5.98. The molecule has 2 heterocycles. The molecule has 27 heavy (non-hydrogen) atoms. The van der Waals surface area contributed by atoms with Gasteiger partial charge in [-0.3, -0.25) is 0 Å². The van der Waals surface area contributed by atoms with Crippen molar-refractivity contribution in [2.45, 2.75) is 33.4 Å². The molecule has 0 saturated carbocycles. The summed E-state index contributed by atoms with van der Waals surface area (Å²) in [6.07, 6.45) is 1.42. The maximum atomic E-state index is 14.3. The largest absolute Gasteiger partial charge is 0.462 e. The molecular formula is C19H21FN4O2S. The number of aryl methyl sites for hydroxylation is 1. The van der Waals surface area contributed by atoms with E-state index in [-0.39, 0.29) is 18.3 Å². The smallest absolute Gasteiger partial charge is 0.341 e. The predicted molar refractivity (Wildman–Crippen MR) is 102 cm³/mol. The molecule has 142 valence electrons. The van der Waals surface area contributed by atoms with Crippen LogP contribution in [0.2, 0.25) is 0 Å². The Morgan fingerprint density at radius 2 is 2.19 bits per heavy atom. The number of rotatable bonds is 7. The van der Waals surface area contributed by atoms with Gasteiger partial charge >= 0.3 is 5.97 Å². The number of carbonyl (C=O) groups excluding carboxylic acids is 1. The number of nitrogens with one attached hydrogen (secondary N) is 1. The average Bonchev–Trinajstić information content (AvgIpc) is 3.26. The lowest BCUT2D eigenvalue weighted by atomic mass is 10.2. The SMILES string of the molecule is CCOC(=O)c1cnn(-c2ccccc2F)c1CNC(C)c1csc(C)n1. The first kappa shape index (κ1) is 19.2. The van der Waals surface area contributed by atoms with Gasteiger partial charge in [-0.25, -0.2) is 18.9 Å². The van der Waals surface area contributed by atoms with Gasteiger partial charge in [0.1, 0.15) is 17.1 Å². The summed E-state index contributed by atoms with van der Waals surface area (Å²) in [5, 5.41) is 10.5. The highest BCUT2D eigenvalue weighted by atomic mass is 32.1. The molecule has 3 rings (SSSR count). The van der Waals surface area contributed by atoms with E-state index in [1.54, 1.807) is 36.5 Å². The van der Waals surface area contributed by atoms with Crippen LogP contribution in [-0.4, -0.2) is 27.3 Å². The number of aromatic nitrogens is 3. The van der Waals surface area contributed by atoms with Gasteiger partial charge in [-0.1, -0.05) is 12.1 Å². The summed E-state index contributed by atoms with van der Waals surface area (Å²) in [4.78, 5) is 16.8. The van der Waals surface area contributed by atoms with Gasteiger partial charge in [0, 0.05) is 18.0 Å². The molecule has 0 radical (unpaired) electrons. The van der Waals surface area contributed by atoms with E-state index in [0.717, 1.165) is 10.7 Å². The number of carbonyl (C=O) groups is 1. The summed E-state index contributed by atoms with van der Waals surface area (Å²) in [6, 6.07) is 6.28. The molecule has 8 heteroatoms. The third-order valence-corrected chi connectivity index (χ3v) is 4.89. The number of ether oxygens (including phenoxy) is 1. The van der Waals surface area contributed by atoms with Crippen molar-refractivity contribution >= 4 is 17.3 Å². The zero-order valence-corrected chi connectivity index (χ0v) is 16.2. The molecule has 0 bridgehead atoms. The van der Waals surface area contributed by atoms with Gasteiger partial charge < -0.3 is 10.1 Å². The Bertz CT molecular complexity index is 937. The molecule has 1 atom stereocenters. The fourth-order valence-electron chi connectivity index (χ4n) is 2.69. The van der Waals surface area contributed by atoms with Crippen molar-refractivity contribution in [1.29, 1.82) is 0 Å². The van der Waals surface area contributed by atoms with Crippen LogP contribution < -0.4 is 5.32 Å². The number of para-hydroxylation sites is 1. The minimum atomic E-state index is -0.478. The second-order valence-electron chi connectivity index (χ2n) is 5.98. The summed E-state index contributed by atoms with van der Waals surface area (Å²) in [5.74, 6) is -0.894. The van der Waals surface area contributed by atoms with Crippen molar-refractivity contribution in [3.63, 3.8) is 0 Å². The average molecular weight is 388 g/mol. The lowest BCUT2D eigenvalue weighted by Gasteiger charge is -2.14. The van der Waals surface area contributed by atoms with Crippen molar-refractivity contribution < 1.29 is 13.9 Å². The van der Waals surface area contributed by atoms with Crippen LogP contribution in [0.4, 0.5) is 4.39 Å².